The van der Waals surface area contributed by atoms with Crippen molar-refractivity contribution >= 4 is 5.69 Å². The van der Waals surface area contributed by atoms with Gasteiger partial charge in [0, 0.05) is 32.2 Å². The van der Waals surface area contributed by atoms with Crippen molar-refractivity contribution in [2.75, 3.05) is 25.5 Å². The van der Waals surface area contributed by atoms with Crippen molar-refractivity contribution in [1.29, 1.82) is 0 Å². The molecule has 0 fully saturated rings. The van der Waals surface area contributed by atoms with Crippen molar-refractivity contribution in [1.82, 2.24) is 5.32 Å². The molecule has 2 nitrogen and oxygen atoms in total. The van der Waals surface area contributed by atoms with E-state index in [-0.39, 0.29) is 0 Å². The average molecular weight is 244 g/mol. The van der Waals surface area contributed by atoms with Crippen molar-refractivity contribution in [3.05, 3.63) is 29.8 Å². The Kier molecular flexibility index (Phi) is 6.32. The molecular weight excluding hydrogens is 220 g/mol. The largest absolute Gasteiger partial charge is 0.378 e. The molecule has 0 radical (unpaired) electrons. The van der Waals surface area contributed by atoms with E-state index < -0.39 is 0 Å². The molecule has 1 atom stereocenters. The van der Waals surface area contributed by atoms with Gasteiger partial charge in [-0.2, -0.15) is 0 Å². The second kappa shape index (κ2) is 7.79. The number of nitrogens with zero attached hydrogens (tertiary/aromatic N) is 1. The topological polar surface area (TPSA) is 15.3 Å². The Morgan fingerprint density at radius 2 is 2.17 bits per heavy atom. The third-order valence-corrected chi connectivity index (χ3v) is 3.05. The van der Waals surface area contributed by atoms with Gasteiger partial charge in [0.2, 0.25) is 0 Å². The number of terminal acetylenes is 1. The molecule has 0 aliphatic rings. The molecular formula is C16H24N2. The minimum absolute atomic E-state index is 0.406. The first-order chi connectivity index (χ1) is 8.69. The average Bonchev–Trinajstić information content (AvgIpc) is 2.38. The maximum atomic E-state index is 5.31. The molecule has 0 saturated heterocycles. The normalized spacial score (nSPS) is 11.9. The van der Waals surface area contributed by atoms with Gasteiger partial charge >= 0.3 is 0 Å². The van der Waals surface area contributed by atoms with Crippen molar-refractivity contribution < 1.29 is 0 Å². The van der Waals surface area contributed by atoms with E-state index in [4.69, 9.17) is 6.42 Å². The second-order valence-corrected chi connectivity index (χ2v) is 4.70. The predicted octanol–water partition coefficient (Wildman–Crippen LogP) is 3.21. The molecule has 0 saturated carbocycles. The Balaban J connectivity index is 2.77. The van der Waals surface area contributed by atoms with Gasteiger partial charge < -0.3 is 10.2 Å². The third-order valence-electron chi connectivity index (χ3n) is 3.05. The van der Waals surface area contributed by atoms with E-state index in [0.29, 0.717) is 6.04 Å². The van der Waals surface area contributed by atoms with E-state index in [1.165, 1.54) is 11.3 Å². The van der Waals surface area contributed by atoms with Crippen LogP contribution in [0.4, 0.5) is 5.69 Å². The molecule has 2 heteroatoms. The molecule has 0 spiro atoms. The highest BCUT2D eigenvalue weighted by atomic mass is 15.1. The lowest BCUT2D eigenvalue weighted by Crippen LogP contribution is -2.21. The molecule has 0 aliphatic heterocycles. The van der Waals surface area contributed by atoms with Crippen LogP contribution in [0.5, 0.6) is 0 Å². The third kappa shape index (κ3) is 4.43. The summed E-state index contributed by atoms with van der Waals surface area (Å²) >= 11 is 0. The van der Waals surface area contributed by atoms with Crippen LogP contribution in [0.15, 0.2) is 24.3 Å². The molecule has 0 heterocycles. The molecule has 0 bridgehead atoms. The lowest BCUT2D eigenvalue weighted by molar-refractivity contribution is 0.502. The second-order valence-electron chi connectivity index (χ2n) is 4.70. The van der Waals surface area contributed by atoms with Crippen LogP contribution < -0.4 is 10.2 Å². The Bertz CT molecular complexity index is 390. The molecule has 0 aromatic heterocycles. The van der Waals surface area contributed by atoms with E-state index in [2.05, 4.69) is 61.4 Å². The summed E-state index contributed by atoms with van der Waals surface area (Å²) in [7, 11) is 4.14. The summed E-state index contributed by atoms with van der Waals surface area (Å²) in [6.07, 6.45) is 8.33. The zero-order valence-electron chi connectivity index (χ0n) is 11.7. The summed E-state index contributed by atoms with van der Waals surface area (Å²) in [5.74, 6) is 2.71. The van der Waals surface area contributed by atoms with Gasteiger partial charge in [-0.05, 0) is 37.1 Å². The monoisotopic (exact) mass is 244 g/mol. The zero-order chi connectivity index (χ0) is 13.4. The number of benzene rings is 1. The van der Waals surface area contributed by atoms with Crippen LogP contribution >= 0.6 is 0 Å². The number of rotatable bonds is 7. The fourth-order valence-electron chi connectivity index (χ4n) is 2.06. The fraction of sp³-hybridized carbons (Fsp3) is 0.500. The Morgan fingerprint density at radius 1 is 1.39 bits per heavy atom. The number of anilines is 1. The number of hydrogen-bond acceptors (Lipinski definition) is 2. The van der Waals surface area contributed by atoms with Crippen molar-refractivity contribution in [2.24, 2.45) is 0 Å². The van der Waals surface area contributed by atoms with Crippen LogP contribution in [0.1, 0.15) is 37.8 Å². The molecule has 0 aliphatic carbocycles. The summed E-state index contributed by atoms with van der Waals surface area (Å²) in [4.78, 5) is 2.13. The van der Waals surface area contributed by atoms with Crippen molar-refractivity contribution in [3.8, 4) is 12.3 Å². The van der Waals surface area contributed by atoms with Gasteiger partial charge in [0.15, 0.2) is 0 Å². The lowest BCUT2D eigenvalue weighted by Gasteiger charge is -2.20. The standard InChI is InChI=1S/C16H24N2/c1-5-7-8-12-16(17-6-2)14-10-9-11-15(13-14)18(3)4/h1,9-11,13,16-17H,6-8,12H2,2-4H3. The summed E-state index contributed by atoms with van der Waals surface area (Å²) < 4.78 is 0. The van der Waals surface area contributed by atoms with Crippen molar-refractivity contribution in [3.63, 3.8) is 0 Å². The van der Waals surface area contributed by atoms with Gasteiger partial charge in [-0.3, -0.25) is 0 Å². The van der Waals surface area contributed by atoms with Gasteiger partial charge in [-0.15, -0.1) is 12.3 Å². The van der Waals surface area contributed by atoms with Gasteiger partial charge in [0.1, 0.15) is 0 Å². The molecule has 98 valence electrons. The molecule has 1 unspecified atom stereocenters. The van der Waals surface area contributed by atoms with E-state index in [9.17, 15) is 0 Å². The quantitative estimate of drug-likeness (QED) is 0.585. The maximum absolute atomic E-state index is 5.31. The molecule has 1 N–H and O–H groups in total. The minimum Gasteiger partial charge on any atom is -0.378 e. The summed E-state index contributed by atoms with van der Waals surface area (Å²) in [5, 5.41) is 3.54. The van der Waals surface area contributed by atoms with Crippen LogP contribution in [0.2, 0.25) is 0 Å². The van der Waals surface area contributed by atoms with Gasteiger partial charge in [-0.25, -0.2) is 0 Å². The van der Waals surface area contributed by atoms with Crippen LogP contribution in [0.3, 0.4) is 0 Å². The zero-order valence-corrected chi connectivity index (χ0v) is 11.7. The molecule has 0 amide bonds. The van der Waals surface area contributed by atoms with Crippen LogP contribution in [-0.4, -0.2) is 20.6 Å². The summed E-state index contributed by atoms with van der Waals surface area (Å²) in [6.45, 7) is 3.12. The Hall–Kier alpha value is -1.46. The van der Waals surface area contributed by atoms with Crippen LogP contribution in [-0.2, 0) is 0 Å². The summed E-state index contributed by atoms with van der Waals surface area (Å²) in [5.41, 5.74) is 2.59. The summed E-state index contributed by atoms with van der Waals surface area (Å²) in [6, 6.07) is 9.10. The highest BCUT2D eigenvalue weighted by molar-refractivity contribution is 5.47. The minimum atomic E-state index is 0.406. The molecule has 18 heavy (non-hydrogen) atoms. The Labute approximate surface area is 111 Å². The first-order valence-electron chi connectivity index (χ1n) is 6.63. The lowest BCUT2D eigenvalue weighted by atomic mass is 10.0. The predicted molar refractivity (Wildman–Crippen MR) is 79.9 cm³/mol. The SMILES string of the molecule is C#CCCCC(NCC)c1cccc(N(C)C)c1. The number of nitrogens with one attached hydrogen (secondary N) is 1. The highest BCUT2D eigenvalue weighted by Gasteiger charge is 2.10. The van der Waals surface area contributed by atoms with Crippen molar-refractivity contribution in [2.45, 2.75) is 32.2 Å². The highest BCUT2D eigenvalue weighted by Crippen LogP contribution is 2.23. The smallest absolute Gasteiger partial charge is 0.0364 e. The van der Waals surface area contributed by atoms with Gasteiger partial charge in [0.25, 0.3) is 0 Å². The van der Waals surface area contributed by atoms with E-state index in [1.54, 1.807) is 0 Å². The van der Waals surface area contributed by atoms with Gasteiger partial charge in [0.05, 0.1) is 0 Å². The molecule has 1 aromatic carbocycles. The fourth-order valence-corrected chi connectivity index (χ4v) is 2.06. The van der Waals surface area contributed by atoms with Crippen LogP contribution in [0.25, 0.3) is 0 Å². The molecule has 1 aromatic rings. The van der Waals surface area contributed by atoms with E-state index >= 15 is 0 Å². The first kappa shape index (κ1) is 14.6. The van der Waals surface area contributed by atoms with Gasteiger partial charge in [-0.1, -0.05) is 19.1 Å². The number of unbranched alkanes of at least 4 members (excludes halogenated alkanes) is 1. The van der Waals surface area contributed by atoms with Crippen LogP contribution in [0, 0.1) is 12.3 Å². The Morgan fingerprint density at radius 3 is 2.78 bits per heavy atom. The maximum Gasteiger partial charge on any atom is 0.0364 e. The first-order valence-corrected chi connectivity index (χ1v) is 6.63. The molecule has 1 rings (SSSR count). The van der Waals surface area contributed by atoms with E-state index in [0.717, 1.165) is 25.8 Å². The van der Waals surface area contributed by atoms with E-state index in [1.807, 2.05) is 0 Å². The number of hydrogen-bond donors (Lipinski definition) is 1.